The van der Waals surface area contributed by atoms with Gasteiger partial charge in [0.1, 0.15) is 5.75 Å². The summed E-state index contributed by atoms with van der Waals surface area (Å²) in [7, 11) is 4.77. The lowest BCUT2D eigenvalue weighted by Crippen LogP contribution is -2.39. The average Bonchev–Trinajstić information content (AvgIpc) is 2.74. The van der Waals surface area contributed by atoms with Gasteiger partial charge < -0.3 is 25.4 Å². The fraction of sp³-hybridized carbons (Fsp3) is 0.318. The zero-order valence-corrected chi connectivity index (χ0v) is 17.9. The Morgan fingerprint density at radius 3 is 2.26 bits per heavy atom. The largest absolute Gasteiger partial charge is 0.495 e. The summed E-state index contributed by atoms with van der Waals surface area (Å²) >= 11 is 0. The molecular formula is C22H28N4O5. The van der Waals surface area contributed by atoms with E-state index in [4.69, 9.17) is 9.47 Å². The summed E-state index contributed by atoms with van der Waals surface area (Å²) in [6.07, 6.45) is 0. The molecule has 3 N–H and O–H groups in total. The van der Waals surface area contributed by atoms with Gasteiger partial charge in [0.25, 0.3) is 5.91 Å². The minimum absolute atomic E-state index is 0.0493. The highest BCUT2D eigenvalue weighted by Crippen LogP contribution is 2.23. The standard InChI is InChI=1S/C22H28N4O5/c1-26(14-20(27)23-12-13-30-2)15-21(28)24-17-10-8-16(9-11-17)22(29)25-18-6-4-5-7-19(18)31-3/h4-11H,12-15H2,1-3H3,(H,23,27)(H,24,28)(H,25,29). The monoisotopic (exact) mass is 428 g/mol. The number of carbonyl (C=O) groups is 3. The molecule has 0 radical (unpaired) electrons. The fourth-order valence-electron chi connectivity index (χ4n) is 2.74. The van der Waals surface area contributed by atoms with Crippen LogP contribution in [0.1, 0.15) is 10.4 Å². The van der Waals surface area contributed by atoms with Gasteiger partial charge in [0, 0.05) is 24.9 Å². The van der Waals surface area contributed by atoms with Crippen molar-refractivity contribution < 1.29 is 23.9 Å². The second kappa shape index (κ2) is 12.3. The van der Waals surface area contributed by atoms with Gasteiger partial charge in [-0.15, -0.1) is 0 Å². The van der Waals surface area contributed by atoms with E-state index >= 15 is 0 Å². The molecule has 31 heavy (non-hydrogen) atoms. The topological polar surface area (TPSA) is 109 Å². The maximum Gasteiger partial charge on any atom is 0.255 e. The number of nitrogens with one attached hydrogen (secondary N) is 3. The van der Waals surface area contributed by atoms with Crippen molar-refractivity contribution in [3.63, 3.8) is 0 Å². The van der Waals surface area contributed by atoms with Crippen LogP contribution in [0.4, 0.5) is 11.4 Å². The third-order valence-electron chi connectivity index (χ3n) is 4.24. The van der Waals surface area contributed by atoms with Gasteiger partial charge in [-0.1, -0.05) is 12.1 Å². The number of anilines is 2. The van der Waals surface area contributed by atoms with E-state index in [1.165, 1.54) is 7.11 Å². The van der Waals surface area contributed by atoms with E-state index in [0.717, 1.165) is 0 Å². The Balaban J connectivity index is 1.84. The molecule has 0 atom stereocenters. The van der Waals surface area contributed by atoms with Crippen LogP contribution in [0.5, 0.6) is 5.75 Å². The highest BCUT2D eigenvalue weighted by Gasteiger charge is 2.12. The average molecular weight is 428 g/mol. The first-order valence-corrected chi connectivity index (χ1v) is 9.71. The molecule has 0 heterocycles. The Labute approximate surface area is 181 Å². The first-order valence-electron chi connectivity index (χ1n) is 9.71. The van der Waals surface area contributed by atoms with E-state index in [0.29, 0.717) is 35.8 Å². The second-order valence-electron chi connectivity index (χ2n) is 6.79. The fourth-order valence-corrected chi connectivity index (χ4v) is 2.74. The smallest absolute Gasteiger partial charge is 0.255 e. The van der Waals surface area contributed by atoms with Crippen molar-refractivity contribution in [2.75, 3.05) is 58.1 Å². The summed E-state index contributed by atoms with van der Waals surface area (Å²) in [5.41, 5.74) is 1.56. The molecule has 0 aromatic heterocycles. The minimum atomic E-state index is -0.290. The van der Waals surface area contributed by atoms with Crippen molar-refractivity contribution in [2.24, 2.45) is 0 Å². The number of hydrogen-bond donors (Lipinski definition) is 3. The van der Waals surface area contributed by atoms with Crippen molar-refractivity contribution in [3.05, 3.63) is 54.1 Å². The molecule has 0 saturated carbocycles. The molecule has 2 aromatic carbocycles. The first-order chi connectivity index (χ1) is 14.9. The number of rotatable bonds is 11. The lowest BCUT2D eigenvalue weighted by Gasteiger charge is -2.16. The number of amides is 3. The first kappa shape index (κ1) is 23.8. The molecule has 0 saturated heterocycles. The number of para-hydroxylation sites is 2. The molecular weight excluding hydrogens is 400 g/mol. The highest BCUT2D eigenvalue weighted by molar-refractivity contribution is 6.05. The van der Waals surface area contributed by atoms with Crippen LogP contribution in [0.3, 0.4) is 0 Å². The van der Waals surface area contributed by atoms with Crippen LogP contribution in [-0.2, 0) is 14.3 Å². The van der Waals surface area contributed by atoms with Crippen molar-refractivity contribution >= 4 is 29.1 Å². The van der Waals surface area contributed by atoms with Crippen LogP contribution in [-0.4, -0.2) is 70.1 Å². The van der Waals surface area contributed by atoms with Crippen LogP contribution in [0, 0.1) is 0 Å². The second-order valence-corrected chi connectivity index (χ2v) is 6.79. The number of hydrogen-bond acceptors (Lipinski definition) is 6. The number of nitrogens with zero attached hydrogens (tertiary/aromatic N) is 1. The third kappa shape index (κ3) is 8.07. The van der Waals surface area contributed by atoms with Gasteiger partial charge in [0.2, 0.25) is 11.8 Å². The molecule has 2 aromatic rings. The maximum absolute atomic E-state index is 12.5. The van der Waals surface area contributed by atoms with Crippen molar-refractivity contribution in [1.29, 1.82) is 0 Å². The van der Waals surface area contributed by atoms with Crippen molar-refractivity contribution in [2.45, 2.75) is 0 Å². The van der Waals surface area contributed by atoms with Gasteiger partial charge in [-0.3, -0.25) is 19.3 Å². The molecule has 2 rings (SSSR count). The van der Waals surface area contributed by atoms with Gasteiger partial charge >= 0.3 is 0 Å². The van der Waals surface area contributed by atoms with Crippen LogP contribution in [0.15, 0.2) is 48.5 Å². The van der Waals surface area contributed by atoms with Crippen LogP contribution >= 0.6 is 0 Å². The minimum Gasteiger partial charge on any atom is -0.495 e. The zero-order valence-electron chi connectivity index (χ0n) is 17.9. The van der Waals surface area contributed by atoms with Crippen molar-refractivity contribution in [3.8, 4) is 5.75 Å². The van der Waals surface area contributed by atoms with E-state index in [2.05, 4.69) is 16.0 Å². The van der Waals surface area contributed by atoms with Gasteiger partial charge in [0.15, 0.2) is 0 Å². The quantitative estimate of drug-likeness (QED) is 0.469. The van der Waals surface area contributed by atoms with Crippen LogP contribution in [0.2, 0.25) is 0 Å². The van der Waals surface area contributed by atoms with E-state index in [-0.39, 0.29) is 30.8 Å². The molecule has 0 fully saturated rings. The number of benzene rings is 2. The van der Waals surface area contributed by atoms with Gasteiger partial charge in [-0.25, -0.2) is 0 Å². The molecule has 9 heteroatoms. The molecule has 166 valence electrons. The summed E-state index contributed by atoms with van der Waals surface area (Å²) in [5.74, 6) is -0.172. The molecule has 0 aliphatic carbocycles. The van der Waals surface area contributed by atoms with Gasteiger partial charge in [-0.2, -0.15) is 0 Å². The van der Waals surface area contributed by atoms with E-state index in [1.807, 2.05) is 6.07 Å². The normalized spacial score (nSPS) is 10.5. The molecule has 0 aliphatic rings. The summed E-state index contributed by atoms with van der Waals surface area (Å²) in [6, 6.07) is 13.7. The summed E-state index contributed by atoms with van der Waals surface area (Å²) < 4.78 is 10.1. The Kier molecular flexibility index (Phi) is 9.47. The summed E-state index contributed by atoms with van der Waals surface area (Å²) in [4.78, 5) is 38.0. The summed E-state index contributed by atoms with van der Waals surface area (Å²) in [5, 5.41) is 8.24. The zero-order chi connectivity index (χ0) is 22.6. The number of ether oxygens (including phenoxy) is 2. The predicted octanol–water partition coefficient (Wildman–Crippen LogP) is 1.58. The Bertz CT molecular complexity index is 886. The van der Waals surface area contributed by atoms with Crippen LogP contribution < -0.4 is 20.7 Å². The van der Waals surface area contributed by atoms with Gasteiger partial charge in [-0.05, 0) is 43.4 Å². The number of likely N-dealkylation sites (N-methyl/N-ethyl adjacent to an activating group) is 1. The third-order valence-corrected chi connectivity index (χ3v) is 4.24. The van der Waals surface area contributed by atoms with Gasteiger partial charge in [0.05, 0.1) is 32.5 Å². The molecule has 9 nitrogen and oxygen atoms in total. The molecule has 0 aliphatic heterocycles. The molecule has 0 spiro atoms. The summed E-state index contributed by atoms with van der Waals surface area (Å²) in [6.45, 7) is 1.00. The molecule has 0 unspecified atom stereocenters. The predicted molar refractivity (Wildman–Crippen MR) is 118 cm³/mol. The molecule has 3 amide bonds. The molecule has 0 bridgehead atoms. The van der Waals surface area contributed by atoms with E-state index in [9.17, 15) is 14.4 Å². The van der Waals surface area contributed by atoms with E-state index in [1.54, 1.807) is 61.5 Å². The lowest BCUT2D eigenvalue weighted by molar-refractivity contribution is -0.123. The highest BCUT2D eigenvalue weighted by atomic mass is 16.5. The lowest BCUT2D eigenvalue weighted by atomic mass is 10.2. The number of carbonyl (C=O) groups excluding carboxylic acids is 3. The number of methoxy groups -OCH3 is 2. The van der Waals surface area contributed by atoms with E-state index < -0.39 is 0 Å². The SMILES string of the molecule is COCCNC(=O)CN(C)CC(=O)Nc1ccc(C(=O)Nc2ccccc2OC)cc1. The van der Waals surface area contributed by atoms with Crippen molar-refractivity contribution in [1.82, 2.24) is 10.2 Å². The Hall–Kier alpha value is -3.43. The van der Waals surface area contributed by atoms with Crippen LogP contribution in [0.25, 0.3) is 0 Å². The maximum atomic E-state index is 12.5. The Morgan fingerprint density at radius 1 is 0.903 bits per heavy atom. The Morgan fingerprint density at radius 2 is 1.58 bits per heavy atom.